The SMILES string of the molecule is Cc1c(C(CN)N(C)CC2(N(C)C)CCC2)cnn1C. The van der Waals surface area contributed by atoms with Crippen molar-refractivity contribution in [3.8, 4) is 0 Å². The first-order valence-electron chi connectivity index (χ1n) is 7.47. The molecule has 2 N–H and O–H groups in total. The summed E-state index contributed by atoms with van der Waals surface area (Å²) < 4.78 is 1.93. The molecule has 1 aliphatic rings. The van der Waals surface area contributed by atoms with Crippen LogP contribution in [-0.4, -0.2) is 59.4 Å². The van der Waals surface area contributed by atoms with Gasteiger partial charge in [-0.1, -0.05) is 0 Å². The fraction of sp³-hybridized carbons (Fsp3) is 0.800. The van der Waals surface area contributed by atoms with E-state index in [1.807, 2.05) is 17.9 Å². The normalized spacial score (nSPS) is 19.4. The number of nitrogens with two attached hydrogens (primary N) is 1. The molecule has 0 saturated heterocycles. The maximum Gasteiger partial charge on any atom is 0.0540 e. The standard InChI is InChI=1S/C15H29N5/c1-12-13(10-17-20(12)5)14(9-16)19(4)11-15(18(2)3)7-6-8-15/h10,14H,6-9,11,16H2,1-5H3. The summed E-state index contributed by atoms with van der Waals surface area (Å²) in [6.45, 7) is 3.81. The summed E-state index contributed by atoms with van der Waals surface area (Å²) in [4.78, 5) is 4.79. The van der Waals surface area contributed by atoms with E-state index in [1.54, 1.807) is 0 Å². The zero-order chi connectivity index (χ0) is 14.9. The second-order valence-corrected chi connectivity index (χ2v) is 6.45. The molecule has 1 unspecified atom stereocenters. The Morgan fingerprint density at radius 1 is 1.40 bits per heavy atom. The lowest BCUT2D eigenvalue weighted by Crippen LogP contribution is -2.57. The van der Waals surface area contributed by atoms with Crippen LogP contribution in [0.3, 0.4) is 0 Å². The van der Waals surface area contributed by atoms with Crippen molar-refractivity contribution in [1.29, 1.82) is 0 Å². The monoisotopic (exact) mass is 279 g/mol. The van der Waals surface area contributed by atoms with Gasteiger partial charge in [0.05, 0.1) is 12.2 Å². The van der Waals surface area contributed by atoms with E-state index in [-0.39, 0.29) is 6.04 Å². The summed E-state index contributed by atoms with van der Waals surface area (Å²) in [6, 6.07) is 0.251. The van der Waals surface area contributed by atoms with Crippen molar-refractivity contribution in [2.45, 2.75) is 37.8 Å². The van der Waals surface area contributed by atoms with Crippen molar-refractivity contribution >= 4 is 0 Å². The van der Waals surface area contributed by atoms with Crippen LogP contribution in [0.1, 0.15) is 36.6 Å². The van der Waals surface area contributed by atoms with E-state index in [2.05, 4.69) is 43.0 Å². The van der Waals surface area contributed by atoms with Gasteiger partial charge in [0.15, 0.2) is 0 Å². The van der Waals surface area contributed by atoms with E-state index in [0.29, 0.717) is 12.1 Å². The Morgan fingerprint density at radius 2 is 2.05 bits per heavy atom. The molecule has 5 heteroatoms. The Labute approximate surface area is 122 Å². The minimum Gasteiger partial charge on any atom is -0.329 e. The highest BCUT2D eigenvalue weighted by atomic mass is 15.3. The number of hydrogen-bond donors (Lipinski definition) is 1. The molecule has 1 saturated carbocycles. The lowest BCUT2D eigenvalue weighted by atomic mass is 9.75. The van der Waals surface area contributed by atoms with Crippen molar-refractivity contribution in [3.63, 3.8) is 0 Å². The molecule has 0 aliphatic heterocycles. The first kappa shape index (κ1) is 15.5. The minimum atomic E-state index is 0.251. The van der Waals surface area contributed by atoms with Gasteiger partial charge in [-0.3, -0.25) is 9.58 Å². The van der Waals surface area contributed by atoms with E-state index in [1.165, 1.54) is 30.5 Å². The highest BCUT2D eigenvalue weighted by Gasteiger charge is 2.41. The smallest absolute Gasteiger partial charge is 0.0540 e. The summed E-state index contributed by atoms with van der Waals surface area (Å²) in [5.41, 5.74) is 8.84. The summed E-state index contributed by atoms with van der Waals surface area (Å²) in [5.74, 6) is 0. The Kier molecular flexibility index (Phi) is 4.52. The molecule has 114 valence electrons. The van der Waals surface area contributed by atoms with Crippen LogP contribution in [0.2, 0.25) is 0 Å². The van der Waals surface area contributed by atoms with Crippen molar-refractivity contribution in [2.75, 3.05) is 34.2 Å². The molecule has 0 bridgehead atoms. The third kappa shape index (κ3) is 2.62. The van der Waals surface area contributed by atoms with E-state index in [9.17, 15) is 0 Å². The number of likely N-dealkylation sites (N-methyl/N-ethyl adjacent to an activating group) is 2. The van der Waals surface area contributed by atoms with Gasteiger partial charge in [0.25, 0.3) is 0 Å². The molecule has 1 aliphatic carbocycles. The van der Waals surface area contributed by atoms with Crippen molar-refractivity contribution in [3.05, 3.63) is 17.5 Å². The van der Waals surface area contributed by atoms with Gasteiger partial charge < -0.3 is 10.6 Å². The molecule has 5 nitrogen and oxygen atoms in total. The van der Waals surface area contributed by atoms with Crippen LogP contribution < -0.4 is 5.73 Å². The van der Waals surface area contributed by atoms with Crippen LogP contribution in [0.25, 0.3) is 0 Å². The lowest BCUT2D eigenvalue weighted by molar-refractivity contribution is 0.0167. The van der Waals surface area contributed by atoms with Crippen LogP contribution in [0.5, 0.6) is 0 Å². The number of rotatable bonds is 6. The van der Waals surface area contributed by atoms with Crippen LogP contribution in [0.4, 0.5) is 0 Å². The first-order valence-corrected chi connectivity index (χ1v) is 7.47. The van der Waals surface area contributed by atoms with Gasteiger partial charge in [0.2, 0.25) is 0 Å². The summed E-state index contributed by atoms with van der Waals surface area (Å²) in [5, 5.41) is 4.36. The largest absolute Gasteiger partial charge is 0.329 e. The highest BCUT2D eigenvalue weighted by molar-refractivity contribution is 5.21. The molecule has 2 rings (SSSR count). The van der Waals surface area contributed by atoms with E-state index in [0.717, 1.165) is 6.54 Å². The first-order chi connectivity index (χ1) is 9.41. The molecule has 0 amide bonds. The second kappa shape index (κ2) is 5.84. The molecule has 0 aromatic carbocycles. The zero-order valence-electron chi connectivity index (χ0n) is 13.6. The van der Waals surface area contributed by atoms with Crippen LogP contribution >= 0.6 is 0 Å². The fourth-order valence-electron chi connectivity index (χ4n) is 3.29. The van der Waals surface area contributed by atoms with Crippen LogP contribution in [-0.2, 0) is 7.05 Å². The predicted molar refractivity (Wildman–Crippen MR) is 82.6 cm³/mol. The van der Waals surface area contributed by atoms with E-state index < -0.39 is 0 Å². The van der Waals surface area contributed by atoms with E-state index in [4.69, 9.17) is 5.73 Å². The number of aryl methyl sites for hydroxylation is 1. The Morgan fingerprint density at radius 3 is 2.40 bits per heavy atom. The Bertz CT molecular complexity index is 447. The van der Waals surface area contributed by atoms with Crippen molar-refractivity contribution in [2.24, 2.45) is 12.8 Å². The number of nitrogens with zero attached hydrogens (tertiary/aromatic N) is 4. The Balaban J connectivity index is 2.13. The maximum atomic E-state index is 6.05. The van der Waals surface area contributed by atoms with Gasteiger partial charge in [-0.2, -0.15) is 5.10 Å². The van der Waals surface area contributed by atoms with Crippen LogP contribution in [0.15, 0.2) is 6.20 Å². The predicted octanol–water partition coefficient (Wildman–Crippen LogP) is 1.14. The van der Waals surface area contributed by atoms with Crippen molar-refractivity contribution in [1.82, 2.24) is 19.6 Å². The molecule has 1 heterocycles. The average molecular weight is 279 g/mol. The zero-order valence-corrected chi connectivity index (χ0v) is 13.6. The number of aromatic nitrogens is 2. The topological polar surface area (TPSA) is 50.3 Å². The highest BCUT2D eigenvalue weighted by Crippen LogP contribution is 2.38. The molecule has 1 aromatic heterocycles. The second-order valence-electron chi connectivity index (χ2n) is 6.45. The average Bonchev–Trinajstić information content (AvgIpc) is 2.66. The molecular formula is C15H29N5. The molecule has 1 atom stereocenters. The van der Waals surface area contributed by atoms with E-state index >= 15 is 0 Å². The lowest BCUT2D eigenvalue weighted by Gasteiger charge is -2.50. The summed E-state index contributed by atoms with van der Waals surface area (Å²) in [6.07, 6.45) is 5.87. The summed E-state index contributed by atoms with van der Waals surface area (Å²) >= 11 is 0. The summed E-state index contributed by atoms with van der Waals surface area (Å²) in [7, 11) is 8.56. The quantitative estimate of drug-likeness (QED) is 0.848. The molecule has 20 heavy (non-hydrogen) atoms. The third-order valence-corrected chi connectivity index (χ3v) is 5.16. The van der Waals surface area contributed by atoms with Crippen molar-refractivity contribution < 1.29 is 0 Å². The van der Waals surface area contributed by atoms with Gasteiger partial charge in [-0.15, -0.1) is 0 Å². The Hall–Kier alpha value is -0.910. The minimum absolute atomic E-state index is 0.251. The molecule has 0 spiro atoms. The van der Waals surface area contributed by atoms with Gasteiger partial charge in [0.1, 0.15) is 0 Å². The molecular weight excluding hydrogens is 250 g/mol. The van der Waals surface area contributed by atoms with Gasteiger partial charge in [-0.25, -0.2) is 0 Å². The van der Waals surface area contributed by atoms with Gasteiger partial charge >= 0.3 is 0 Å². The number of hydrogen-bond acceptors (Lipinski definition) is 4. The molecule has 0 radical (unpaired) electrons. The molecule has 1 aromatic rings. The molecule has 1 fully saturated rings. The van der Waals surface area contributed by atoms with Gasteiger partial charge in [0, 0.05) is 36.9 Å². The maximum absolute atomic E-state index is 6.05. The third-order valence-electron chi connectivity index (χ3n) is 5.16. The fourth-order valence-corrected chi connectivity index (χ4v) is 3.29. The van der Waals surface area contributed by atoms with Gasteiger partial charge in [-0.05, 0) is 47.3 Å². The van der Waals surface area contributed by atoms with Crippen LogP contribution in [0, 0.1) is 6.92 Å².